The van der Waals surface area contributed by atoms with Crippen LogP contribution in [0.4, 0.5) is 0 Å². The van der Waals surface area contributed by atoms with E-state index in [2.05, 4.69) is 41.8 Å². The first kappa shape index (κ1) is 13.1. The van der Waals surface area contributed by atoms with Crippen LogP contribution in [0.3, 0.4) is 0 Å². The molecule has 7 heteroatoms. The van der Waals surface area contributed by atoms with Crippen molar-refractivity contribution in [2.24, 2.45) is 0 Å². The molecule has 5 nitrogen and oxygen atoms in total. The molecule has 1 heterocycles. The van der Waals surface area contributed by atoms with E-state index < -0.39 is 0 Å². The molecule has 0 saturated heterocycles. The van der Waals surface area contributed by atoms with Crippen LogP contribution >= 0.6 is 31.9 Å². The van der Waals surface area contributed by atoms with Gasteiger partial charge in [-0.15, -0.1) is 0 Å². The van der Waals surface area contributed by atoms with Gasteiger partial charge < -0.3 is 14.5 Å². The normalized spacial score (nSPS) is 10.2. The maximum atomic E-state index is 11.4. The van der Waals surface area contributed by atoms with Crippen molar-refractivity contribution in [3.8, 4) is 17.4 Å². The maximum absolute atomic E-state index is 11.4. The summed E-state index contributed by atoms with van der Waals surface area (Å²) in [6.45, 7) is 0. The minimum Gasteiger partial charge on any atom is -0.497 e. The number of hydrogen-bond acceptors (Lipinski definition) is 4. The van der Waals surface area contributed by atoms with Crippen molar-refractivity contribution in [1.29, 1.82) is 0 Å². The van der Waals surface area contributed by atoms with Gasteiger partial charge in [0.25, 0.3) is 5.56 Å². The predicted octanol–water partition coefficient (Wildman–Crippen LogP) is 3.10. The molecular formula is C11H8Br2N2O3. The fraction of sp³-hybridized carbons (Fsp3) is 0.0909. The van der Waals surface area contributed by atoms with Gasteiger partial charge in [-0.3, -0.25) is 4.79 Å². The second-order valence-corrected chi connectivity index (χ2v) is 4.90. The summed E-state index contributed by atoms with van der Waals surface area (Å²) in [5.74, 6) is 1.44. The molecule has 0 amide bonds. The maximum Gasteiger partial charge on any atom is 0.268 e. The van der Waals surface area contributed by atoms with Gasteiger partial charge in [-0.25, -0.2) is 4.98 Å². The van der Waals surface area contributed by atoms with Gasteiger partial charge >= 0.3 is 0 Å². The number of nitrogens with one attached hydrogen (secondary N) is 1. The Labute approximate surface area is 119 Å². The number of benzene rings is 1. The Bertz CT molecular complexity index is 628. The molecule has 0 spiro atoms. The van der Waals surface area contributed by atoms with E-state index in [1.807, 2.05) is 0 Å². The van der Waals surface area contributed by atoms with Crippen molar-refractivity contribution in [2.75, 3.05) is 7.11 Å². The average molecular weight is 376 g/mol. The van der Waals surface area contributed by atoms with Gasteiger partial charge in [0, 0.05) is 0 Å². The van der Waals surface area contributed by atoms with Crippen LogP contribution in [0.2, 0.25) is 0 Å². The fourth-order valence-electron chi connectivity index (χ4n) is 1.23. The lowest BCUT2D eigenvalue weighted by molar-refractivity contribution is 0.411. The topological polar surface area (TPSA) is 64.2 Å². The number of methoxy groups -OCH3 is 1. The van der Waals surface area contributed by atoms with Crippen LogP contribution in [-0.4, -0.2) is 17.1 Å². The highest BCUT2D eigenvalue weighted by Gasteiger charge is 2.10. The van der Waals surface area contributed by atoms with Crippen LogP contribution < -0.4 is 15.0 Å². The van der Waals surface area contributed by atoms with Crippen LogP contribution in [0.5, 0.6) is 17.4 Å². The molecule has 18 heavy (non-hydrogen) atoms. The van der Waals surface area contributed by atoms with Crippen molar-refractivity contribution in [2.45, 2.75) is 0 Å². The highest BCUT2D eigenvalue weighted by Crippen LogP contribution is 2.33. The molecule has 0 aliphatic rings. The summed E-state index contributed by atoms with van der Waals surface area (Å²) in [5.41, 5.74) is -0.301. The zero-order valence-electron chi connectivity index (χ0n) is 9.24. The van der Waals surface area contributed by atoms with Crippen molar-refractivity contribution in [1.82, 2.24) is 9.97 Å². The number of H-pyrrole nitrogens is 1. The van der Waals surface area contributed by atoms with E-state index in [-0.39, 0.29) is 15.9 Å². The lowest BCUT2D eigenvalue weighted by Crippen LogP contribution is -2.08. The van der Waals surface area contributed by atoms with Crippen molar-refractivity contribution >= 4 is 31.9 Å². The Kier molecular flexibility index (Phi) is 4.03. The Morgan fingerprint density at radius 1 is 1.33 bits per heavy atom. The average Bonchev–Trinajstić information content (AvgIpc) is 2.37. The SMILES string of the molecule is COc1ccc(Oc2nc[nH]c(=O)c2Br)c(Br)c1. The second kappa shape index (κ2) is 5.53. The van der Waals surface area contributed by atoms with Gasteiger partial charge in [0.05, 0.1) is 17.9 Å². The number of halogens is 2. The molecule has 1 N–H and O–H groups in total. The Hall–Kier alpha value is -1.34. The molecule has 0 aliphatic heterocycles. The molecule has 94 valence electrons. The molecule has 2 rings (SSSR count). The van der Waals surface area contributed by atoms with Gasteiger partial charge in [-0.05, 0) is 50.1 Å². The summed E-state index contributed by atoms with van der Waals surface area (Å²) in [5, 5.41) is 0. The Balaban J connectivity index is 2.34. The summed E-state index contributed by atoms with van der Waals surface area (Å²) in [7, 11) is 1.58. The zero-order valence-corrected chi connectivity index (χ0v) is 12.4. The Morgan fingerprint density at radius 2 is 2.11 bits per heavy atom. The lowest BCUT2D eigenvalue weighted by Gasteiger charge is -2.08. The third-order valence-electron chi connectivity index (χ3n) is 2.11. The van der Waals surface area contributed by atoms with Crippen LogP contribution in [0.1, 0.15) is 0 Å². The quantitative estimate of drug-likeness (QED) is 0.895. The van der Waals surface area contributed by atoms with E-state index in [4.69, 9.17) is 9.47 Å². The lowest BCUT2D eigenvalue weighted by atomic mass is 10.3. The highest BCUT2D eigenvalue weighted by atomic mass is 79.9. The van der Waals surface area contributed by atoms with Crippen LogP contribution in [-0.2, 0) is 0 Å². The summed E-state index contributed by atoms with van der Waals surface area (Å²) < 4.78 is 11.6. The van der Waals surface area contributed by atoms with E-state index in [1.54, 1.807) is 25.3 Å². The van der Waals surface area contributed by atoms with E-state index in [0.717, 1.165) is 0 Å². The number of rotatable bonds is 3. The molecule has 2 aromatic rings. The van der Waals surface area contributed by atoms with Crippen molar-refractivity contribution < 1.29 is 9.47 Å². The van der Waals surface area contributed by atoms with Gasteiger partial charge in [0.2, 0.25) is 5.88 Å². The molecule has 0 radical (unpaired) electrons. The first-order valence-corrected chi connectivity index (χ1v) is 6.45. The number of nitrogens with zero attached hydrogens (tertiary/aromatic N) is 1. The molecule has 0 atom stereocenters. The molecule has 0 saturated carbocycles. The largest absolute Gasteiger partial charge is 0.497 e. The monoisotopic (exact) mass is 374 g/mol. The fourth-order valence-corrected chi connectivity index (χ4v) is 1.97. The predicted molar refractivity (Wildman–Crippen MR) is 73.3 cm³/mol. The number of hydrogen-bond donors (Lipinski definition) is 1. The molecule has 0 fully saturated rings. The molecule has 0 bridgehead atoms. The van der Waals surface area contributed by atoms with Gasteiger partial charge in [-0.1, -0.05) is 0 Å². The van der Waals surface area contributed by atoms with E-state index >= 15 is 0 Å². The highest BCUT2D eigenvalue weighted by molar-refractivity contribution is 9.11. The van der Waals surface area contributed by atoms with E-state index in [0.29, 0.717) is 16.0 Å². The smallest absolute Gasteiger partial charge is 0.268 e. The number of ether oxygens (including phenoxy) is 2. The number of aromatic amines is 1. The van der Waals surface area contributed by atoms with E-state index in [1.165, 1.54) is 6.33 Å². The van der Waals surface area contributed by atoms with Crippen LogP contribution in [0.25, 0.3) is 0 Å². The van der Waals surface area contributed by atoms with E-state index in [9.17, 15) is 4.79 Å². The second-order valence-electron chi connectivity index (χ2n) is 3.25. The van der Waals surface area contributed by atoms with Crippen molar-refractivity contribution in [3.63, 3.8) is 0 Å². The Morgan fingerprint density at radius 3 is 2.78 bits per heavy atom. The molecule has 1 aromatic carbocycles. The van der Waals surface area contributed by atoms with Crippen molar-refractivity contribution in [3.05, 3.63) is 43.8 Å². The van der Waals surface area contributed by atoms with Crippen LogP contribution in [0, 0.1) is 0 Å². The number of aromatic nitrogens is 2. The van der Waals surface area contributed by atoms with Gasteiger partial charge in [0.15, 0.2) is 0 Å². The molecular weight excluding hydrogens is 368 g/mol. The summed E-state index contributed by atoms with van der Waals surface area (Å²) in [6.07, 6.45) is 1.28. The third-order valence-corrected chi connectivity index (χ3v) is 3.43. The summed E-state index contributed by atoms with van der Waals surface area (Å²) >= 11 is 6.47. The molecule has 1 aromatic heterocycles. The molecule has 0 aliphatic carbocycles. The minimum absolute atomic E-state index is 0.199. The molecule has 0 unspecified atom stereocenters. The standard InChI is InChI=1S/C11H8Br2N2O3/c1-17-6-2-3-8(7(12)4-6)18-11-9(13)10(16)14-5-15-11/h2-5H,1H3,(H,14,15,16). The minimum atomic E-state index is -0.301. The first-order chi connectivity index (χ1) is 8.61. The van der Waals surface area contributed by atoms with Gasteiger partial charge in [-0.2, -0.15) is 0 Å². The van der Waals surface area contributed by atoms with Gasteiger partial charge in [0.1, 0.15) is 16.0 Å². The van der Waals surface area contributed by atoms with Crippen LogP contribution in [0.15, 0.2) is 38.3 Å². The zero-order chi connectivity index (χ0) is 13.1. The third kappa shape index (κ3) is 2.73. The first-order valence-electron chi connectivity index (χ1n) is 4.86. The summed E-state index contributed by atoms with van der Waals surface area (Å²) in [4.78, 5) is 17.7. The summed E-state index contributed by atoms with van der Waals surface area (Å²) in [6, 6.07) is 5.23.